The number of aromatic nitrogens is 6. The molecule has 0 unspecified atom stereocenters. The van der Waals surface area contributed by atoms with Gasteiger partial charge in [0, 0.05) is 25.2 Å². The zero-order valence-corrected chi connectivity index (χ0v) is 22.5. The Balaban J connectivity index is 1.25. The summed E-state index contributed by atoms with van der Waals surface area (Å²) in [6, 6.07) is 15.5. The van der Waals surface area contributed by atoms with Gasteiger partial charge in [-0.05, 0) is 22.3 Å². The van der Waals surface area contributed by atoms with Crippen LogP contribution in [0.4, 0.5) is 20.5 Å². The van der Waals surface area contributed by atoms with Crippen molar-refractivity contribution in [2.75, 3.05) is 36.5 Å². The van der Waals surface area contributed by atoms with E-state index < -0.39 is 12.5 Å². The summed E-state index contributed by atoms with van der Waals surface area (Å²) in [6.45, 7) is 3.79. The number of morpholine rings is 1. The van der Waals surface area contributed by atoms with Crippen molar-refractivity contribution in [2.24, 2.45) is 5.73 Å². The largest absolute Gasteiger partial charge is 0.378 e. The number of alkyl halides is 2. The van der Waals surface area contributed by atoms with Crippen LogP contribution in [0.5, 0.6) is 0 Å². The van der Waals surface area contributed by atoms with Crippen LogP contribution in [0, 0.1) is 0 Å². The van der Waals surface area contributed by atoms with E-state index in [1.54, 1.807) is 4.57 Å². The summed E-state index contributed by atoms with van der Waals surface area (Å²) in [5.74, 6) is 0.470. The van der Waals surface area contributed by atoms with Crippen LogP contribution >= 0.6 is 0 Å². The van der Waals surface area contributed by atoms with Gasteiger partial charge >= 0.3 is 6.55 Å². The average Bonchev–Trinajstić information content (AvgIpc) is 3.68. The average molecular weight is 572 g/mol. The van der Waals surface area contributed by atoms with Crippen LogP contribution in [-0.2, 0) is 16.1 Å². The molecule has 5 aromatic rings. The number of hydrogen-bond donors (Lipinski definition) is 2. The van der Waals surface area contributed by atoms with Crippen molar-refractivity contribution in [1.82, 2.24) is 29.3 Å². The number of ether oxygens (including phenoxy) is 1. The molecule has 0 radical (unpaired) electrons. The molecule has 0 atom stereocenters. The Hall–Kier alpha value is -5.17. The molecule has 1 amide bonds. The minimum atomic E-state index is -2.75. The Morgan fingerprint density at radius 3 is 2.38 bits per heavy atom. The van der Waals surface area contributed by atoms with Crippen molar-refractivity contribution in [3.63, 3.8) is 0 Å². The van der Waals surface area contributed by atoms with Crippen LogP contribution in [-0.4, -0.2) is 61.5 Å². The molecule has 214 valence electrons. The Kier molecular flexibility index (Phi) is 7.32. The van der Waals surface area contributed by atoms with Gasteiger partial charge in [0.2, 0.25) is 11.9 Å². The van der Waals surface area contributed by atoms with Gasteiger partial charge in [0.25, 0.3) is 0 Å². The van der Waals surface area contributed by atoms with Gasteiger partial charge in [0.1, 0.15) is 6.33 Å². The maximum Gasteiger partial charge on any atom is 0.333 e. The number of amides is 1. The van der Waals surface area contributed by atoms with Gasteiger partial charge in [-0.3, -0.25) is 9.36 Å². The molecule has 11 nitrogen and oxygen atoms in total. The first-order valence-corrected chi connectivity index (χ1v) is 13.2. The number of carbonyl (C=O) groups excluding carboxylic acids is 1. The topological polar surface area (TPSA) is 129 Å². The molecule has 3 N–H and O–H groups in total. The van der Waals surface area contributed by atoms with Crippen molar-refractivity contribution in [3.8, 4) is 16.8 Å². The molecule has 2 aromatic carbocycles. The van der Waals surface area contributed by atoms with Gasteiger partial charge in [-0.15, -0.1) is 0 Å². The number of primary amides is 1. The molecule has 0 aliphatic carbocycles. The maximum atomic E-state index is 13.2. The second kappa shape index (κ2) is 11.4. The third-order valence-electron chi connectivity index (χ3n) is 7.02. The van der Waals surface area contributed by atoms with E-state index in [-0.39, 0.29) is 5.57 Å². The van der Waals surface area contributed by atoms with Crippen LogP contribution in [0.15, 0.2) is 73.8 Å². The lowest BCUT2D eigenvalue weighted by Crippen LogP contribution is -2.37. The van der Waals surface area contributed by atoms with Crippen LogP contribution in [0.25, 0.3) is 33.6 Å². The number of benzene rings is 2. The minimum Gasteiger partial charge on any atom is -0.378 e. The fourth-order valence-corrected chi connectivity index (χ4v) is 4.67. The number of rotatable bonds is 9. The number of hydrogen-bond acceptors (Lipinski definition) is 8. The lowest BCUT2D eigenvalue weighted by molar-refractivity contribution is -0.112. The smallest absolute Gasteiger partial charge is 0.333 e. The van der Waals surface area contributed by atoms with Gasteiger partial charge in [-0.1, -0.05) is 55.1 Å². The SMILES string of the molecule is C=C(C(N)=O)c1ccc(-c2ccc(CNc3nc(N4CCOCC4)nc4c3ncn4-c3cnn(C(F)F)c3)cc2)cc1. The lowest BCUT2D eigenvalue weighted by atomic mass is 10.00. The fourth-order valence-electron chi connectivity index (χ4n) is 4.67. The standard InChI is InChI=1S/C29H27F2N9O2/c1-18(25(32)41)20-6-8-22(9-7-20)21-4-2-19(3-5-21)14-33-26-24-27(37-29(36-26)38-10-12-42-13-11-38)39(17-34-24)23-15-35-40(16-23)28(30)31/h2-9,15-17,28H,1,10-14H2,(H2,32,41)(H,33,36,37). The van der Waals surface area contributed by atoms with Crippen molar-refractivity contribution in [1.29, 1.82) is 0 Å². The van der Waals surface area contributed by atoms with Crippen molar-refractivity contribution in [3.05, 3.63) is 85.0 Å². The molecule has 42 heavy (non-hydrogen) atoms. The van der Waals surface area contributed by atoms with Gasteiger partial charge < -0.3 is 20.7 Å². The highest BCUT2D eigenvalue weighted by atomic mass is 19.3. The van der Waals surface area contributed by atoms with E-state index in [4.69, 9.17) is 20.4 Å². The number of halogens is 2. The number of nitrogens with one attached hydrogen (secondary N) is 1. The van der Waals surface area contributed by atoms with Crippen LogP contribution < -0.4 is 16.0 Å². The molecule has 4 heterocycles. The summed E-state index contributed by atoms with van der Waals surface area (Å²) < 4.78 is 34.0. The highest BCUT2D eigenvalue weighted by molar-refractivity contribution is 6.17. The lowest BCUT2D eigenvalue weighted by Gasteiger charge is -2.27. The quantitative estimate of drug-likeness (QED) is 0.254. The molecule has 13 heteroatoms. The Morgan fingerprint density at radius 1 is 1.05 bits per heavy atom. The molecule has 0 bridgehead atoms. The Bertz CT molecular complexity index is 1740. The second-order valence-electron chi connectivity index (χ2n) is 9.69. The summed E-state index contributed by atoms with van der Waals surface area (Å²) in [5, 5.41) is 7.13. The van der Waals surface area contributed by atoms with Crippen molar-refractivity contribution in [2.45, 2.75) is 13.1 Å². The summed E-state index contributed by atoms with van der Waals surface area (Å²) >= 11 is 0. The summed E-state index contributed by atoms with van der Waals surface area (Å²) in [4.78, 5) is 27.4. The number of nitrogens with two attached hydrogens (primary N) is 1. The van der Waals surface area contributed by atoms with E-state index in [0.29, 0.717) is 71.7 Å². The van der Waals surface area contributed by atoms with Gasteiger partial charge in [0.05, 0.1) is 31.3 Å². The van der Waals surface area contributed by atoms with E-state index in [0.717, 1.165) is 16.7 Å². The molecule has 6 rings (SSSR count). The molecule has 0 spiro atoms. The van der Waals surface area contributed by atoms with E-state index in [9.17, 15) is 13.6 Å². The van der Waals surface area contributed by atoms with Crippen molar-refractivity contribution < 1.29 is 18.3 Å². The predicted octanol–water partition coefficient (Wildman–Crippen LogP) is 4.02. The van der Waals surface area contributed by atoms with Crippen LogP contribution in [0.1, 0.15) is 17.7 Å². The van der Waals surface area contributed by atoms with Crippen LogP contribution in [0.2, 0.25) is 0 Å². The number of carbonyl (C=O) groups is 1. The molecule has 1 aliphatic heterocycles. The van der Waals surface area contributed by atoms with Gasteiger partial charge in [0.15, 0.2) is 17.0 Å². The van der Waals surface area contributed by atoms with Gasteiger partial charge in [-0.25, -0.2) is 9.67 Å². The monoisotopic (exact) mass is 571 g/mol. The Labute approximate surface area is 239 Å². The fraction of sp³-hybridized carbons (Fsp3) is 0.207. The summed E-state index contributed by atoms with van der Waals surface area (Å²) in [6.07, 6.45) is 4.12. The minimum absolute atomic E-state index is 0.270. The van der Waals surface area contributed by atoms with E-state index in [2.05, 4.69) is 22.0 Å². The number of imidazole rings is 1. The van der Waals surface area contributed by atoms with Gasteiger partial charge in [-0.2, -0.15) is 23.8 Å². The number of anilines is 2. The predicted molar refractivity (Wildman–Crippen MR) is 154 cm³/mol. The third kappa shape index (κ3) is 5.41. The third-order valence-corrected chi connectivity index (χ3v) is 7.02. The van der Waals surface area contributed by atoms with Crippen LogP contribution in [0.3, 0.4) is 0 Å². The zero-order valence-electron chi connectivity index (χ0n) is 22.5. The number of nitrogens with zero attached hydrogens (tertiary/aromatic N) is 7. The molecule has 0 saturated carbocycles. The first-order chi connectivity index (χ1) is 20.4. The first kappa shape index (κ1) is 27.0. The molecule has 3 aromatic heterocycles. The first-order valence-electron chi connectivity index (χ1n) is 13.2. The number of fused-ring (bicyclic) bond motifs is 1. The molecule has 1 fully saturated rings. The van der Waals surface area contributed by atoms with Crippen molar-refractivity contribution >= 4 is 34.4 Å². The second-order valence-corrected chi connectivity index (χ2v) is 9.69. The maximum absolute atomic E-state index is 13.2. The summed E-state index contributed by atoms with van der Waals surface area (Å²) in [7, 11) is 0. The summed E-state index contributed by atoms with van der Waals surface area (Å²) in [5.41, 5.74) is 10.7. The van der Waals surface area contributed by atoms with E-state index in [1.165, 1.54) is 18.7 Å². The van der Waals surface area contributed by atoms with E-state index >= 15 is 0 Å². The molecular formula is C29H27F2N9O2. The molecular weight excluding hydrogens is 544 g/mol. The Morgan fingerprint density at radius 2 is 1.74 bits per heavy atom. The highest BCUT2D eigenvalue weighted by Crippen LogP contribution is 2.27. The highest BCUT2D eigenvalue weighted by Gasteiger charge is 2.21. The van der Waals surface area contributed by atoms with E-state index in [1.807, 2.05) is 53.4 Å². The molecule has 1 saturated heterocycles. The molecule has 1 aliphatic rings. The normalized spacial score (nSPS) is 13.5. The zero-order chi connectivity index (χ0) is 29.2.